The summed E-state index contributed by atoms with van der Waals surface area (Å²) >= 11 is -4.88. The molecule has 0 saturated heterocycles. The van der Waals surface area contributed by atoms with Gasteiger partial charge in [0.25, 0.3) is 0 Å². The second-order valence-corrected chi connectivity index (χ2v) is 16.6. The van der Waals surface area contributed by atoms with Gasteiger partial charge >= 0.3 is 246 Å². The zero-order valence-corrected chi connectivity index (χ0v) is 25.6. The van der Waals surface area contributed by atoms with Gasteiger partial charge in [-0.1, -0.05) is 0 Å². The van der Waals surface area contributed by atoms with Crippen LogP contribution in [0.3, 0.4) is 0 Å². The molecule has 0 aromatic heterocycles. The molecule has 0 heterocycles. The first-order valence-corrected chi connectivity index (χ1v) is 18.0. The molecule has 4 rings (SSSR count). The van der Waals surface area contributed by atoms with Crippen LogP contribution in [-0.4, -0.2) is 13.2 Å². The molecular weight excluding hydrogens is 564 g/mol. The molecule has 0 spiro atoms. The van der Waals surface area contributed by atoms with E-state index in [1.807, 2.05) is 12.2 Å². The van der Waals surface area contributed by atoms with Gasteiger partial charge in [-0.2, -0.15) is 0 Å². The predicted molar refractivity (Wildman–Crippen MR) is 155 cm³/mol. The van der Waals surface area contributed by atoms with Crippen molar-refractivity contribution in [3.05, 3.63) is 91.7 Å². The molecule has 2 aromatic carbocycles. The monoisotopic (exact) mass is 604 g/mol. The van der Waals surface area contributed by atoms with Crippen molar-refractivity contribution in [3.8, 4) is 11.5 Å². The number of halogens is 4. The SMILES string of the molecule is CCCCCCOc1ccc(F)[c]([Ti]([C]2=CC=CC2)([C]2=CC=CC2)[c]2c(F)ccc(OCCCCCC)c2F)c1F. The molecule has 0 aliphatic heterocycles. The molecule has 0 atom stereocenters. The summed E-state index contributed by atoms with van der Waals surface area (Å²) in [5.41, 5.74) is 0. The van der Waals surface area contributed by atoms with Crippen molar-refractivity contribution >= 4 is 7.74 Å². The fraction of sp³-hybridized carbons (Fsp3) is 0.412. The third-order valence-corrected chi connectivity index (χ3v) is 15.8. The molecule has 41 heavy (non-hydrogen) atoms. The summed E-state index contributed by atoms with van der Waals surface area (Å²) in [5.74, 6) is -3.54. The van der Waals surface area contributed by atoms with Gasteiger partial charge in [0.05, 0.1) is 0 Å². The average molecular weight is 605 g/mol. The molecule has 2 aliphatic carbocycles. The van der Waals surface area contributed by atoms with Gasteiger partial charge < -0.3 is 0 Å². The Bertz CT molecular complexity index is 1230. The number of unbranched alkanes of at least 4 members (excludes halogenated alkanes) is 6. The number of benzene rings is 2. The topological polar surface area (TPSA) is 18.5 Å². The van der Waals surface area contributed by atoms with E-state index in [0.29, 0.717) is 20.6 Å². The van der Waals surface area contributed by atoms with Crippen molar-refractivity contribution in [3.63, 3.8) is 0 Å². The van der Waals surface area contributed by atoms with E-state index in [1.54, 1.807) is 24.3 Å². The summed E-state index contributed by atoms with van der Waals surface area (Å²) in [6.45, 7) is 4.76. The number of allylic oxidation sites excluding steroid dienone is 8. The molecule has 2 nitrogen and oxygen atoms in total. The molecule has 220 valence electrons. The van der Waals surface area contributed by atoms with Crippen LogP contribution < -0.4 is 17.2 Å². The minimum absolute atomic E-state index is 0.0878. The van der Waals surface area contributed by atoms with Crippen molar-refractivity contribution in [2.45, 2.75) is 78.1 Å². The molecule has 2 aromatic rings. The fourth-order valence-electron chi connectivity index (χ4n) is 5.82. The Morgan fingerprint density at radius 3 is 1.41 bits per heavy atom. The second-order valence-electron chi connectivity index (χ2n) is 10.7. The first-order chi connectivity index (χ1) is 20.0. The summed E-state index contributed by atoms with van der Waals surface area (Å²) in [5, 5.41) is 0. The van der Waals surface area contributed by atoms with Crippen molar-refractivity contribution in [1.82, 2.24) is 0 Å². The van der Waals surface area contributed by atoms with Crippen LogP contribution in [-0.2, 0) is 16.6 Å². The Morgan fingerprint density at radius 1 is 0.610 bits per heavy atom. The van der Waals surface area contributed by atoms with Crippen LogP contribution in [0.1, 0.15) is 78.1 Å². The van der Waals surface area contributed by atoms with Crippen LogP contribution in [0.25, 0.3) is 0 Å². The Kier molecular flexibility index (Phi) is 11.5. The number of rotatable bonds is 16. The van der Waals surface area contributed by atoms with Gasteiger partial charge in [-0.3, -0.25) is 0 Å². The van der Waals surface area contributed by atoms with Crippen molar-refractivity contribution in [1.29, 1.82) is 0 Å². The molecule has 7 heteroatoms. The summed E-state index contributed by atoms with van der Waals surface area (Å²) in [6, 6.07) is 4.92. The van der Waals surface area contributed by atoms with Gasteiger partial charge in [0.1, 0.15) is 0 Å². The van der Waals surface area contributed by atoms with Crippen molar-refractivity contribution in [2.24, 2.45) is 0 Å². The fourth-order valence-corrected chi connectivity index (χ4v) is 14.1. The molecule has 0 bridgehead atoms. The van der Waals surface area contributed by atoms with E-state index in [4.69, 9.17) is 9.47 Å². The molecule has 0 fully saturated rings. The predicted octanol–water partition coefficient (Wildman–Crippen LogP) is 8.95. The normalized spacial score (nSPS) is 14.5. The van der Waals surface area contributed by atoms with Gasteiger partial charge in [0.2, 0.25) is 0 Å². The quantitative estimate of drug-likeness (QED) is 0.108. The van der Waals surface area contributed by atoms with Crippen LogP contribution in [0.5, 0.6) is 11.5 Å². The van der Waals surface area contributed by atoms with Crippen LogP contribution >= 0.6 is 0 Å². The Labute approximate surface area is 245 Å². The average Bonchev–Trinajstić information content (AvgIpc) is 3.70. The first-order valence-electron chi connectivity index (χ1n) is 14.9. The second kappa shape index (κ2) is 15.1. The van der Waals surface area contributed by atoms with Crippen LogP contribution in [0, 0.1) is 23.3 Å². The molecule has 0 saturated carbocycles. The van der Waals surface area contributed by atoms with E-state index in [9.17, 15) is 0 Å². The maximum absolute atomic E-state index is 16.6. The van der Waals surface area contributed by atoms with Crippen molar-refractivity contribution in [2.75, 3.05) is 13.2 Å². The van der Waals surface area contributed by atoms with E-state index < -0.39 is 39.9 Å². The van der Waals surface area contributed by atoms with Crippen LogP contribution in [0.15, 0.2) is 68.5 Å². The van der Waals surface area contributed by atoms with Crippen LogP contribution in [0.4, 0.5) is 17.6 Å². The van der Waals surface area contributed by atoms with Crippen molar-refractivity contribution < 1.29 is 43.6 Å². The standard InChI is InChI=1S/2C12H15F2O.2C5H5.Ti/c2*1-2-3-4-5-8-15-12-7-6-10(13)9-11(12)14;2*1-2-4-5-3-1;/h2*6-7H,2-5,8H2,1H3;2*1-3H,4H2;. The zero-order chi connectivity index (χ0) is 29.2. The number of hydrogen-bond acceptors (Lipinski definition) is 2. The van der Waals surface area contributed by atoms with Gasteiger partial charge in [-0.15, -0.1) is 0 Å². The van der Waals surface area contributed by atoms with Crippen LogP contribution in [0.2, 0.25) is 0 Å². The van der Waals surface area contributed by atoms with E-state index in [1.165, 1.54) is 24.3 Å². The van der Waals surface area contributed by atoms with Gasteiger partial charge in [0, 0.05) is 0 Å². The third-order valence-electron chi connectivity index (χ3n) is 7.88. The Hall–Kier alpha value is -2.57. The summed E-state index contributed by atoms with van der Waals surface area (Å²) in [7, 11) is 0. The number of hydrogen-bond donors (Lipinski definition) is 0. The Morgan fingerprint density at radius 2 is 1.05 bits per heavy atom. The van der Waals surface area contributed by atoms with Gasteiger partial charge in [0.15, 0.2) is 0 Å². The first kappa shape index (κ1) is 31.4. The van der Waals surface area contributed by atoms with E-state index in [2.05, 4.69) is 13.8 Å². The molecule has 0 amide bonds. The number of ether oxygens (including phenoxy) is 2. The molecule has 0 N–H and O–H groups in total. The molecular formula is C34H40F4O2Ti. The zero-order valence-electron chi connectivity index (χ0n) is 24.1. The third kappa shape index (κ3) is 6.75. The maximum atomic E-state index is 16.6. The van der Waals surface area contributed by atoms with E-state index >= 15 is 17.6 Å². The summed E-state index contributed by atoms with van der Waals surface area (Å²) in [6.07, 6.45) is 19.1. The summed E-state index contributed by atoms with van der Waals surface area (Å²) < 4.78 is 77.8. The molecule has 0 radical (unpaired) electrons. The van der Waals surface area contributed by atoms with Gasteiger partial charge in [-0.05, 0) is 0 Å². The van der Waals surface area contributed by atoms with Gasteiger partial charge in [-0.25, -0.2) is 0 Å². The minimum atomic E-state index is -4.88. The Balaban J connectivity index is 1.89. The van der Waals surface area contributed by atoms with E-state index in [-0.39, 0.29) is 32.4 Å². The summed E-state index contributed by atoms with van der Waals surface area (Å²) in [4.78, 5) is 0. The van der Waals surface area contributed by atoms with E-state index in [0.717, 1.165) is 51.4 Å². The molecule has 2 aliphatic rings. The molecule has 0 unspecified atom stereocenters.